The zero-order valence-corrected chi connectivity index (χ0v) is 18.6. The van der Waals surface area contributed by atoms with Gasteiger partial charge in [0.2, 0.25) is 0 Å². The molecule has 174 valence electrons. The number of halogens is 4. The molecule has 0 N–H and O–H groups in total. The van der Waals surface area contributed by atoms with Crippen LogP contribution >= 0.6 is 0 Å². The van der Waals surface area contributed by atoms with Crippen molar-refractivity contribution in [1.82, 2.24) is 0 Å². The third kappa shape index (κ3) is 4.08. The Kier molecular flexibility index (Phi) is 6.42. The minimum absolute atomic E-state index is 0.0974. The lowest BCUT2D eigenvalue weighted by molar-refractivity contribution is -0.225. The smallest absolute Gasteiger partial charge is 0.340 e. The Morgan fingerprint density at radius 2 is 1.25 bits per heavy atom. The average Bonchev–Trinajstić information content (AvgIpc) is 2.78. The molecule has 2 aromatic carbocycles. The number of fused-ring (bicyclic) bond motifs is 3. The lowest BCUT2D eigenvalue weighted by Gasteiger charge is -2.35. The van der Waals surface area contributed by atoms with Crippen LogP contribution in [0.5, 0.6) is 11.5 Å². The van der Waals surface area contributed by atoms with Crippen molar-refractivity contribution in [3.05, 3.63) is 47.5 Å². The van der Waals surface area contributed by atoms with Gasteiger partial charge in [0.15, 0.2) is 0 Å². The molecule has 0 atom stereocenters. The van der Waals surface area contributed by atoms with Crippen LogP contribution in [0.15, 0.2) is 36.4 Å². The molecule has 6 heteroatoms. The summed E-state index contributed by atoms with van der Waals surface area (Å²) in [4.78, 5) is 0. The summed E-state index contributed by atoms with van der Waals surface area (Å²) >= 11 is 0. The molecular formula is C26H30F4O2. The molecule has 0 radical (unpaired) electrons. The first-order valence-electron chi connectivity index (χ1n) is 11.6. The summed E-state index contributed by atoms with van der Waals surface area (Å²) < 4.78 is 71.0. The molecule has 0 amide bonds. The fourth-order valence-electron chi connectivity index (χ4n) is 5.03. The van der Waals surface area contributed by atoms with Gasteiger partial charge in [-0.2, -0.15) is 17.6 Å². The average molecular weight is 451 g/mol. The molecule has 0 aromatic heterocycles. The fraction of sp³-hybridized carbons (Fsp3) is 0.538. The molecule has 0 aliphatic heterocycles. The van der Waals surface area contributed by atoms with E-state index in [2.05, 4.69) is 6.92 Å². The maximum Gasteiger partial charge on any atom is 0.340 e. The number of ether oxygens (including phenoxy) is 2. The van der Waals surface area contributed by atoms with Gasteiger partial charge in [-0.1, -0.05) is 44.7 Å². The van der Waals surface area contributed by atoms with Crippen LogP contribution in [0.2, 0.25) is 0 Å². The maximum absolute atomic E-state index is 15.0. The number of hydrogen-bond donors (Lipinski definition) is 0. The van der Waals surface area contributed by atoms with E-state index in [1.54, 1.807) is 13.0 Å². The SMILES string of the molecule is CCCC1CCC(COc2ccc3c(c2)C(F)(F)C(F)(F)c2cc(OCC)ccc2-3)CC1. The summed E-state index contributed by atoms with van der Waals surface area (Å²) in [6.07, 6.45) is 6.87. The molecule has 0 spiro atoms. The first kappa shape index (κ1) is 22.9. The molecule has 4 rings (SSSR count). The largest absolute Gasteiger partial charge is 0.494 e. The van der Waals surface area contributed by atoms with Crippen molar-refractivity contribution < 1.29 is 27.0 Å². The van der Waals surface area contributed by atoms with Gasteiger partial charge in [0, 0.05) is 11.1 Å². The van der Waals surface area contributed by atoms with E-state index in [-0.39, 0.29) is 29.2 Å². The van der Waals surface area contributed by atoms with Crippen LogP contribution in [0.3, 0.4) is 0 Å². The Hall–Kier alpha value is -2.24. The van der Waals surface area contributed by atoms with Gasteiger partial charge in [0.25, 0.3) is 0 Å². The van der Waals surface area contributed by atoms with E-state index < -0.39 is 23.0 Å². The van der Waals surface area contributed by atoms with Crippen LogP contribution in [0.4, 0.5) is 17.6 Å². The van der Waals surface area contributed by atoms with E-state index in [9.17, 15) is 8.78 Å². The van der Waals surface area contributed by atoms with Gasteiger partial charge in [0.05, 0.1) is 13.2 Å². The minimum atomic E-state index is -4.35. The highest BCUT2D eigenvalue weighted by molar-refractivity contribution is 5.77. The Balaban J connectivity index is 1.56. The van der Waals surface area contributed by atoms with Crippen LogP contribution in [-0.4, -0.2) is 13.2 Å². The third-order valence-corrected chi connectivity index (χ3v) is 6.80. The highest BCUT2D eigenvalue weighted by Gasteiger charge is 2.63. The first-order chi connectivity index (χ1) is 15.3. The third-order valence-electron chi connectivity index (χ3n) is 6.80. The Morgan fingerprint density at radius 1 is 0.750 bits per heavy atom. The zero-order valence-electron chi connectivity index (χ0n) is 18.6. The molecule has 2 nitrogen and oxygen atoms in total. The molecule has 2 aromatic rings. The fourth-order valence-corrected chi connectivity index (χ4v) is 5.03. The summed E-state index contributed by atoms with van der Waals surface area (Å²) in [5, 5.41) is 0. The van der Waals surface area contributed by atoms with Crippen molar-refractivity contribution in [3.8, 4) is 22.6 Å². The molecule has 2 aliphatic rings. The maximum atomic E-state index is 15.0. The quantitative estimate of drug-likeness (QED) is 0.399. The Labute approximate surface area is 186 Å². The second-order valence-corrected chi connectivity index (χ2v) is 8.98. The standard InChI is InChI=1S/C26H30F4O2/c1-3-5-17-6-8-18(9-7-17)16-32-20-11-13-22-21-12-10-19(31-4-2)14-23(21)25(27,28)26(29,30)24(22)15-20/h10-15,17-18H,3-9,16H2,1-2H3. The van der Waals surface area contributed by atoms with Gasteiger partial charge < -0.3 is 9.47 Å². The first-order valence-corrected chi connectivity index (χ1v) is 11.6. The number of alkyl halides is 4. The van der Waals surface area contributed by atoms with Gasteiger partial charge in [-0.05, 0) is 67.0 Å². The lowest BCUT2D eigenvalue weighted by atomic mass is 9.80. The van der Waals surface area contributed by atoms with Crippen molar-refractivity contribution >= 4 is 0 Å². The van der Waals surface area contributed by atoms with Crippen molar-refractivity contribution in [2.45, 2.75) is 64.2 Å². The predicted octanol–water partition coefficient (Wildman–Crippen LogP) is 7.93. The van der Waals surface area contributed by atoms with Crippen LogP contribution in [0.25, 0.3) is 11.1 Å². The summed E-state index contributed by atoms with van der Waals surface area (Å²) in [5.74, 6) is -7.19. The Bertz CT molecular complexity index is 949. The number of hydrogen-bond acceptors (Lipinski definition) is 2. The van der Waals surface area contributed by atoms with Gasteiger partial charge >= 0.3 is 11.8 Å². The van der Waals surface area contributed by atoms with Crippen molar-refractivity contribution in [1.29, 1.82) is 0 Å². The minimum Gasteiger partial charge on any atom is -0.494 e. The van der Waals surface area contributed by atoms with Crippen molar-refractivity contribution in [2.75, 3.05) is 13.2 Å². The lowest BCUT2D eigenvalue weighted by Crippen LogP contribution is -2.39. The molecular weight excluding hydrogens is 420 g/mol. The molecule has 0 heterocycles. The van der Waals surface area contributed by atoms with E-state index in [0.29, 0.717) is 12.5 Å². The van der Waals surface area contributed by atoms with Gasteiger partial charge in [0.1, 0.15) is 11.5 Å². The van der Waals surface area contributed by atoms with E-state index in [1.807, 2.05) is 0 Å². The van der Waals surface area contributed by atoms with Crippen LogP contribution < -0.4 is 9.47 Å². The van der Waals surface area contributed by atoms with E-state index >= 15 is 8.78 Å². The van der Waals surface area contributed by atoms with Gasteiger partial charge in [-0.3, -0.25) is 0 Å². The van der Waals surface area contributed by atoms with E-state index in [4.69, 9.17) is 9.47 Å². The van der Waals surface area contributed by atoms with Crippen molar-refractivity contribution in [3.63, 3.8) is 0 Å². The molecule has 1 fully saturated rings. The van der Waals surface area contributed by atoms with E-state index in [0.717, 1.165) is 43.7 Å². The zero-order chi connectivity index (χ0) is 22.9. The normalized spacial score (nSPS) is 23.2. The van der Waals surface area contributed by atoms with Crippen molar-refractivity contribution in [2.24, 2.45) is 11.8 Å². The highest BCUT2D eigenvalue weighted by Crippen LogP contribution is 2.58. The topological polar surface area (TPSA) is 18.5 Å². The Morgan fingerprint density at radius 3 is 1.75 bits per heavy atom. The molecule has 0 bridgehead atoms. The van der Waals surface area contributed by atoms with Gasteiger partial charge in [-0.15, -0.1) is 0 Å². The second-order valence-electron chi connectivity index (χ2n) is 8.98. The molecule has 0 unspecified atom stereocenters. The summed E-state index contributed by atoms with van der Waals surface area (Å²) in [7, 11) is 0. The van der Waals surface area contributed by atoms with Gasteiger partial charge in [-0.25, -0.2) is 0 Å². The van der Waals surface area contributed by atoms with Crippen LogP contribution in [0.1, 0.15) is 63.5 Å². The molecule has 2 aliphatic carbocycles. The van der Waals surface area contributed by atoms with E-state index in [1.165, 1.54) is 31.0 Å². The predicted molar refractivity (Wildman–Crippen MR) is 117 cm³/mol. The summed E-state index contributed by atoms with van der Waals surface area (Å²) in [6.45, 7) is 4.59. The number of benzene rings is 2. The van der Waals surface area contributed by atoms with Crippen LogP contribution in [0, 0.1) is 11.8 Å². The number of rotatable bonds is 7. The van der Waals surface area contributed by atoms with Crippen LogP contribution in [-0.2, 0) is 11.8 Å². The monoisotopic (exact) mass is 450 g/mol. The summed E-state index contributed by atoms with van der Waals surface area (Å²) in [6, 6.07) is 8.13. The molecule has 0 saturated heterocycles. The highest BCUT2D eigenvalue weighted by atomic mass is 19.3. The second kappa shape index (κ2) is 8.95. The summed E-state index contributed by atoms with van der Waals surface area (Å²) in [5.41, 5.74) is -1.20. The molecule has 1 saturated carbocycles. The molecule has 32 heavy (non-hydrogen) atoms.